The number of benzene rings is 1. The Balaban J connectivity index is 1.93. The minimum absolute atomic E-state index is 0.0336. The van der Waals surface area contributed by atoms with E-state index in [1.165, 1.54) is 12.1 Å². The number of carbonyl (C=O) groups excluding carboxylic acids is 2. The molecule has 2 rings (SSSR count). The summed E-state index contributed by atoms with van der Waals surface area (Å²) < 4.78 is 37.8. The normalized spacial score (nSPS) is 15.5. The molecule has 0 aromatic heterocycles. The molecule has 4 nitrogen and oxygen atoms in total. The number of amides is 2. The van der Waals surface area contributed by atoms with Crippen molar-refractivity contribution < 1.29 is 22.8 Å². The zero-order valence-electron chi connectivity index (χ0n) is 11.9. The molecule has 0 radical (unpaired) electrons. The zero-order chi connectivity index (χ0) is 16.2. The maximum atomic E-state index is 12.6. The molecule has 120 valence electrons. The van der Waals surface area contributed by atoms with Crippen LogP contribution in [0.25, 0.3) is 0 Å². The van der Waals surface area contributed by atoms with Crippen molar-refractivity contribution in [2.45, 2.75) is 31.9 Å². The molecule has 0 unspecified atom stereocenters. The topological polar surface area (TPSA) is 49.4 Å². The van der Waals surface area contributed by atoms with Gasteiger partial charge in [0.2, 0.25) is 11.8 Å². The molecule has 1 aliphatic heterocycles. The Morgan fingerprint density at radius 1 is 1.14 bits per heavy atom. The van der Waals surface area contributed by atoms with Crippen molar-refractivity contribution in [2.75, 3.05) is 18.4 Å². The van der Waals surface area contributed by atoms with Crippen molar-refractivity contribution in [1.82, 2.24) is 4.90 Å². The minimum atomic E-state index is -4.47. The molecule has 0 atom stereocenters. The Morgan fingerprint density at radius 2 is 1.82 bits per heavy atom. The van der Waals surface area contributed by atoms with Crippen LogP contribution in [0.4, 0.5) is 18.9 Å². The Morgan fingerprint density at radius 3 is 2.45 bits per heavy atom. The summed E-state index contributed by atoms with van der Waals surface area (Å²) in [6.07, 6.45) is -1.91. The van der Waals surface area contributed by atoms with Gasteiger partial charge in [0, 0.05) is 18.8 Å². The fourth-order valence-corrected chi connectivity index (χ4v) is 2.37. The third-order valence-electron chi connectivity index (χ3n) is 3.49. The van der Waals surface area contributed by atoms with Crippen molar-refractivity contribution in [3.8, 4) is 0 Å². The first-order chi connectivity index (χ1) is 10.4. The van der Waals surface area contributed by atoms with E-state index in [9.17, 15) is 22.8 Å². The lowest BCUT2D eigenvalue weighted by Crippen LogP contribution is -2.37. The molecular formula is C15H17F3N2O2. The van der Waals surface area contributed by atoms with Crippen LogP contribution in [0.3, 0.4) is 0 Å². The lowest BCUT2D eigenvalue weighted by molar-refractivity contribution is -0.138. The first-order valence-electron chi connectivity index (χ1n) is 7.11. The molecule has 0 aliphatic carbocycles. The Bertz CT molecular complexity index is 552. The summed E-state index contributed by atoms with van der Waals surface area (Å²) >= 11 is 0. The summed E-state index contributed by atoms with van der Waals surface area (Å²) in [5, 5.41) is 2.34. The SMILES string of the molecule is O=C(CC(=O)N1CCCCC1)Nc1cccc(C(F)(F)F)c1. The lowest BCUT2D eigenvalue weighted by Gasteiger charge is -2.26. The standard InChI is InChI=1S/C15H17F3N2O2/c16-15(17,18)11-5-4-6-12(9-11)19-13(21)10-14(22)20-7-2-1-3-8-20/h4-6,9H,1-3,7-8,10H2,(H,19,21). The Labute approximate surface area is 126 Å². The van der Waals surface area contributed by atoms with Gasteiger partial charge < -0.3 is 10.2 Å². The molecular weight excluding hydrogens is 297 g/mol. The number of anilines is 1. The maximum Gasteiger partial charge on any atom is 0.416 e. The highest BCUT2D eigenvalue weighted by molar-refractivity contribution is 6.03. The number of hydrogen-bond acceptors (Lipinski definition) is 2. The lowest BCUT2D eigenvalue weighted by atomic mass is 10.1. The van der Waals surface area contributed by atoms with E-state index in [0.717, 1.165) is 31.4 Å². The minimum Gasteiger partial charge on any atom is -0.342 e. The van der Waals surface area contributed by atoms with Crippen LogP contribution < -0.4 is 5.32 Å². The molecule has 1 heterocycles. The van der Waals surface area contributed by atoms with E-state index in [0.29, 0.717) is 13.1 Å². The zero-order valence-corrected chi connectivity index (χ0v) is 11.9. The van der Waals surface area contributed by atoms with Crippen LogP contribution >= 0.6 is 0 Å². The van der Waals surface area contributed by atoms with Crippen LogP contribution in [0.1, 0.15) is 31.2 Å². The number of halogens is 3. The van der Waals surface area contributed by atoms with E-state index < -0.39 is 17.6 Å². The number of alkyl halides is 3. The average molecular weight is 314 g/mol. The third-order valence-corrected chi connectivity index (χ3v) is 3.49. The summed E-state index contributed by atoms with van der Waals surface area (Å²) in [6.45, 7) is 1.27. The van der Waals surface area contributed by atoms with E-state index in [1.54, 1.807) is 4.90 Å². The number of nitrogens with zero attached hydrogens (tertiary/aromatic N) is 1. The van der Waals surface area contributed by atoms with Crippen LogP contribution in [0.15, 0.2) is 24.3 Å². The molecule has 1 saturated heterocycles. The molecule has 7 heteroatoms. The van der Waals surface area contributed by atoms with Crippen molar-refractivity contribution in [2.24, 2.45) is 0 Å². The molecule has 1 N–H and O–H groups in total. The van der Waals surface area contributed by atoms with Crippen LogP contribution in [-0.2, 0) is 15.8 Å². The number of rotatable bonds is 3. The number of nitrogens with one attached hydrogen (secondary N) is 1. The van der Waals surface area contributed by atoms with Gasteiger partial charge in [-0.3, -0.25) is 9.59 Å². The Hall–Kier alpha value is -2.05. The molecule has 2 amide bonds. The largest absolute Gasteiger partial charge is 0.416 e. The van der Waals surface area contributed by atoms with Gasteiger partial charge in [0.05, 0.1) is 5.56 Å². The average Bonchev–Trinajstić information content (AvgIpc) is 2.47. The monoisotopic (exact) mass is 314 g/mol. The number of carbonyl (C=O) groups is 2. The van der Waals surface area contributed by atoms with Crippen molar-refractivity contribution in [1.29, 1.82) is 0 Å². The molecule has 0 bridgehead atoms. The van der Waals surface area contributed by atoms with Gasteiger partial charge in [-0.1, -0.05) is 6.07 Å². The maximum absolute atomic E-state index is 12.6. The predicted octanol–water partition coefficient (Wildman–Crippen LogP) is 3.05. The van der Waals surface area contributed by atoms with Gasteiger partial charge in [-0.25, -0.2) is 0 Å². The summed E-state index contributed by atoms with van der Waals surface area (Å²) in [6, 6.07) is 4.35. The highest BCUT2D eigenvalue weighted by Gasteiger charge is 2.30. The highest BCUT2D eigenvalue weighted by Crippen LogP contribution is 2.30. The number of likely N-dealkylation sites (tertiary alicyclic amines) is 1. The van der Waals surface area contributed by atoms with Crippen LogP contribution in [0.5, 0.6) is 0 Å². The summed E-state index contributed by atoms with van der Waals surface area (Å²) in [7, 11) is 0. The van der Waals surface area contributed by atoms with Gasteiger partial charge in [0.1, 0.15) is 6.42 Å². The fourth-order valence-electron chi connectivity index (χ4n) is 2.37. The molecule has 0 spiro atoms. The smallest absolute Gasteiger partial charge is 0.342 e. The molecule has 1 fully saturated rings. The first-order valence-corrected chi connectivity index (χ1v) is 7.11. The second-order valence-electron chi connectivity index (χ2n) is 5.24. The van der Waals surface area contributed by atoms with E-state index in [-0.39, 0.29) is 18.0 Å². The predicted molar refractivity (Wildman–Crippen MR) is 75.1 cm³/mol. The quantitative estimate of drug-likeness (QED) is 0.872. The number of hydrogen-bond donors (Lipinski definition) is 1. The second-order valence-corrected chi connectivity index (χ2v) is 5.24. The molecule has 0 saturated carbocycles. The van der Waals surface area contributed by atoms with Crippen molar-refractivity contribution in [3.05, 3.63) is 29.8 Å². The van der Waals surface area contributed by atoms with Gasteiger partial charge in [-0.05, 0) is 37.5 Å². The van der Waals surface area contributed by atoms with Gasteiger partial charge in [0.15, 0.2) is 0 Å². The highest BCUT2D eigenvalue weighted by atomic mass is 19.4. The van der Waals surface area contributed by atoms with E-state index in [4.69, 9.17) is 0 Å². The van der Waals surface area contributed by atoms with Crippen LogP contribution in [-0.4, -0.2) is 29.8 Å². The van der Waals surface area contributed by atoms with Crippen molar-refractivity contribution >= 4 is 17.5 Å². The van der Waals surface area contributed by atoms with Crippen LogP contribution in [0, 0.1) is 0 Å². The van der Waals surface area contributed by atoms with E-state index in [2.05, 4.69) is 5.32 Å². The molecule has 1 aliphatic rings. The van der Waals surface area contributed by atoms with E-state index >= 15 is 0 Å². The van der Waals surface area contributed by atoms with E-state index in [1.807, 2.05) is 0 Å². The van der Waals surface area contributed by atoms with Crippen LogP contribution in [0.2, 0.25) is 0 Å². The Kier molecular flexibility index (Phi) is 5.05. The van der Waals surface area contributed by atoms with Gasteiger partial charge in [-0.2, -0.15) is 13.2 Å². The third kappa shape index (κ3) is 4.47. The van der Waals surface area contributed by atoms with Crippen molar-refractivity contribution in [3.63, 3.8) is 0 Å². The first kappa shape index (κ1) is 16.3. The number of piperidine rings is 1. The molecule has 22 heavy (non-hydrogen) atoms. The molecule has 1 aromatic carbocycles. The summed E-state index contributed by atoms with van der Waals surface area (Å²) in [4.78, 5) is 25.3. The fraction of sp³-hybridized carbons (Fsp3) is 0.467. The summed E-state index contributed by atoms with van der Waals surface area (Å²) in [5.41, 5.74) is -0.807. The summed E-state index contributed by atoms with van der Waals surface area (Å²) in [5.74, 6) is -0.890. The second kappa shape index (κ2) is 6.81. The van der Waals surface area contributed by atoms with Gasteiger partial charge >= 0.3 is 6.18 Å². The van der Waals surface area contributed by atoms with Gasteiger partial charge in [0.25, 0.3) is 0 Å². The molecule has 1 aromatic rings. The van der Waals surface area contributed by atoms with Gasteiger partial charge in [-0.15, -0.1) is 0 Å².